The molecule has 148 valence electrons. The molecule has 3 heteroatoms. The van der Waals surface area contributed by atoms with Gasteiger partial charge in [0, 0.05) is 11.5 Å². The van der Waals surface area contributed by atoms with Gasteiger partial charge in [0.2, 0.25) is 0 Å². The maximum atomic E-state index is 12.8. The van der Waals surface area contributed by atoms with Gasteiger partial charge < -0.3 is 11.5 Å². The molecule has 1 aromatic rings. The van der Waals surface area contributed by atoms with Crippen molar-refractivity contribution in [3.8, 4) is 0 Å². The quantitative estimate of drug-likeness (QED) is 0.464. The van der Waals surface area contributed by atoms with Crippen LogP contribution >= 0.6 is 0 Å². The van der Waals surface area contributed by atoms with Crippen molar-refractivity contribution in [3.05, 3.63) is 35.9 Å². The summed E-state index contributed by atoms with van der Waals surface area (Å²) in [5.41, 5.74) is 12.8. The second kappa shape index (κ2) is 11.5. The van der Waals surface area contributed by atoms with Crippen LogP contribution in [0.5, 0.6) is 0 Å². The predicted octanol–water partition coefficient (Wildman–Crippen LogP) is 5.39. The lowest BCUT2D eigenvalue weighted by Crippen LogP contribution is -2.34. The summed E-state index contributed by atoms with van der Waals surface area (Å²) >= 11 is 0. The van der Waals surface area contributed by atoms with Crippen LogP contribution in [0.1, 0.15) is 90.7 Å². The molecule has 2 atom stereocenters. The third-order valence-corrected chi connectivity index (χ3v) is 5.55. The number of hydrogen-bond donors (Lipinski definition) is 2. The Kier molecular flexibility index (Phi) is 10.1. The van der Waals surface area contributed by atoms with Gasteiger partial charge in [0.25, 0.3) is 0 Å². The van der Waals surface area contributed by atoms with E-state index >= 15 is 0 Å². The van der Waals surface area contributed by atoms with E-state index in [0.29, 0.717) is 12.0 Å². The van der Waals surface area contributed by atoms with E-state index in [-0.39, 0.29) is 11.2 Å². The Balaban J connectivity index is 2.22. The molecule has 0 heterocycles. The highest BCUT2D eigenvalue weighted by Gasteiger charge is 2.31. The first-order chi connectivity index (χ1) is 12.3. The van der Waals surface area contributed by atoms with Crippen molar-refractivity contribution in [2.75, 3.05) is 0 Å². The van der Waals surface area contributed by atoms with Crippen LogP contribution in [0, 0.1) is 11.3 Å². The Labute approximate surface area is 160 Å². The lowest BCUT2D eigenvalue weighted by Gasteiger charge is -2.26. The molecule has 1 rings (SSSR count). The van der Waals surface area contributed by atoms with Gasteiger partial charge in [0.15, 0.2) is 5.78 Å². The molecule has 0 fully saturated rings. The smallest absolute Gasteiger partial charge is 0.159 e. The Morgan fingerprint density at radius 1 is 0.923 bits per heavy atom. The van der Waals surface area contributed by atoms with Gasteiger partial charge in [-0.15, -0.1) is 0 Å². The van der Waals surface area contributed by atoms with E-state index in [1.165, 1.54) is 32.1 Å². The minimum atomic E-state index is -0.517. The van der Waals surface area contributed by atoms with E-state index in [1.807, 2.05) is 44.2 Å². The zero-order chi connectivity index (χ0) is 19.6. The van der Waals surface area contributed by atoms with Crippen molar-refractivity contribution >= 4 is 5.78 Å². The summed E-state index contributed by atoms with van der Waals surface area (Å²) in [6.07, 6.45) is 9.33. The van der Waals surface area contributed by atoms with Crippen molar-refractivity contribution in [1.82, 2.24) is 0 Å². The molecule has 1 aromatic carbocycles. The van der Waals surface area contributed by atoms with E-state index in [0.717, 1.165) is 24.8 Å². The highest BCUT2D eigenvalue weighted by Crippen LogP contribution is 2.30. The molecule has 2 unspecified atom stereocenters. The standard InChI is InChI=1S/C23H40N2O/c1-18(2)20(24)16-12-7-5-6-8-13-17-23(3,4)22(26)21(25)19-14-10-9-11-15-19/h9-11,14-15,18,20-21H,5-8,12-13,16-17,24-25H2,1-4H3. The second-order valence-corrected chi connectivity index (χ2v) is 8.70. The number of nitrogens with two attached hydrogens (primary N) is 2. The summed E-state index contributed by atoms with van der Waals surface area (Å²) < 4.78 is 0. The fourth-order valence-corrected chi connectivity index (χ4v) is 3.34. The fourth-order valence-electron chi connectivity index (χ4n) is 3.34. The topological polar surface area (TPSA) is 69.1 Å². The van der Waals surface area contributed by atoms with Gasteiger partial charge in [-0.05, 0) is 24.3 Å². The van der Waals surface area contributed by atoms with E-state index in [2.05, 4.69) is 13.8 Å². The van der Waals surface area contributed by atoms with Crippen LogP contribution in [0.25, 0.3) is 0 Å². The van der Waals surface area contributed by atoms with E-state index < -0.39 is 6.04 Å². The molecule has 0 aliphatic rings. The number of hydrogen-bond acceptors (Lipinski definition) is 3. The van der Waals surface area contributed by atoms with Crippen molar-refractivity contribution in [3.63, 3.8) is 0 Å². The molecule has 0 aliphatic heterocycles. The minimum Gasteiger partial charge on any atom is -0.327 e. The summed E-state index contributed by atoms with van der Waals surface area (Å²) in [5.74, 6) is 0.725. The van der Waals surface area contributed by atoms with Crippen molar-refractivity contribution < 1.29 is 4.79 Å². The van der Waals surface area contributed by atoms with Gasteiger partial charge in [0.05, 0.1) is 6.04 Å². The van der Waals surface area contributed by atoms with E-state index in [4.69, 9.17) is 11.5 Å². The third-order valence-electron chi connectivity index (χ3n) is 5.55. The highest BCUT2D eigenvalue weighted by atomic mass is 16.1. The van der Waals surface area contributed by atoms with Gasteiger partial charge in [-0.25, -0.2) is 0 Å². The normalized spacial score (nSPS) is 14.4. The molecule has 3 nitrogen and oxygen atoms in total. The second-order valence-electron chi connectivity index (χ2n) is 8.70. The lowest BCUT2D eigenvalue weighted by molar-refractivity contribution is -0.129. The minimum absolute atomic E-state index is 0.145. The number of carbonyl (C=O) groups is 1. The first-order valence-corrected chi connectivity index (χ1v) is 10.4. The molecule has 0 aliphatic carbocycles. The first kappa shape index (κ1) is 22.9. The van der Waals surface area contributed by atoms with E-state index in [1.54, 1.807) is 0 Å². The zero-order valence-electron chi connectivity index (χ0n) is 17.3. The van der Waals surface area contributed by atoms with Crippen LogP contribution in [-0.4, -0.2) is 11.8 Å². The van der Waals surface area contributed by atoms with Crippen LogP contribution in [0.2, 0.25) is 0 Å². The molecular weight excluding hydrogens is 320 g/mol. The monoisotopic (exact) mass is 360 g/mol. The molecule has 4 N–H and O–H groups in total. The maximum absolute atomic E-state index is 12.8. The Bertz CT molecular complexity index is 510. The summed E-state index contributed by atoms with van der Waals surface area (Å²) in [6, 6.07) is 9.51. The average molecular weight is 361 g/mol. The maximum Gasteiger partial charge on any atom is 0.159 e. The average Bonchev–Trinajstić information content (AvgIpc) is 2.62. The molecule has 0 amide bonds. The molecule has 26 heavy (non-hydrogen) atoms. The molecule has 0 saturated heterocycles. The van der Waals surface area contributed by atoms with Crippen LogP contribution in [-0.2, 0) is 4.79 Å². The Hall–Kier alpha value is -1.19. The van der Waals surface area contributed by atoms with Gasteiger partial charge in [-0.2, -0.15) is 0 Å². The Morgan fingerprint density at radius 2 is 1.46 bits per heavy atom. The van der Waals surface area contributed by atoms with Crippen LogP contribution < -0.4 is 11.5 Å². The number of carbonyl (C=O) groups excluding carboxylic acids is 1. The Morgan fingerprint density at radius 3 is 2.04 bits per heavy atom. The number of benzene rings is 1. The zero-order valence-corrected chi connectivity index (χ0v) is 17.3. The molecule has 0 aromatic heterocycles. The predicted molar refractivity (Wildman–Crippen MR) is 112 cm³/mol. The fraction of sp³-hybridized carbons (Fsp3) is 0.696. The summed E-state index contributed by atoms with van der Waals surface area (Å²) in [4.78, 5) is 12.8. The number of ketones is 1. The number of Topliss-reactive ketones (excluding diaryl/α,β-unsaturated/α-hetero) is 1. The van der Waals surface area contributed by atoms with Crippen LogP contribution in [0.15, 0.2) is 30.3 Å². The first-order valence-electron chi connectivity index (χ1n) is 10.4. The SMILES string of the molecule is CC(C)C(N)CCCCCCCCC(C)(C)C(=O)C(N)c1ccccc1. The molecule has 0 spiro atoms. The molecule has 0 saturated carbocycles. The summed E-state index contributed by atoms with van der Waals surface area (Å²) in [7, 11) is 0. The summed E-state index contributed by atoms with van der Waals surface area (Å²) in [5, 5.41) is 0. The largest absolute Gasteiger partial charge is 0.327 e. The molecule has 0 bridgehead atoms. The third kappa shape index (κ3) is 8.01. The van der Waals surface area contributed by atoms with Gasteiger partial charge in [-0.1, -0.05) is 96.6 Å². The van der Waals surface area contributed by atoms with Crippen molar-refractivity contribution in [1.29, 1.82) is 0 Å². The van der Waals surface area contributed by atoms with Gasteiger partial charge in [0.1, 0.15) is 0 Å². The van der Waals surface area contributed by atoms with Crippen LogP contribution in [0.4, 0.5) is 0 Å². The molecular formula is C23H40N2O. The number of rotatable bonds is 13. The highest BCUT2D eigenvalue weighted by molar-refractivity contribution is 5.89. The van der Waals surface area contributed by atoms with E-state index in [9.17, 15) is 4.79 Å². The van der Waals surface area contributed by atoms with Crippen molar-refractivity contribution in [2.45, 2.75) is 91.1 Å². The van der Waals surface area contributed by atoms with Crippen LogP contribution in [0.3, 0.4) is 0 Å². The number of unbranched alkanes of at least 4 members (excludes halogenated alkanes) is 5. The van der Waals surface area contributed by atoms with Gasteiger partial charge in [-0.3, -0.25) is 4.79 Å². The van der Waals surface area contributed by atoms with Crippen molar-refractivity contribution in [2.24, 2.45) is 22.8 Å². The lowest BCUT2D eigenvalue weighted by atomic mass is 9.78. The molecule has 0 radical (unpaired) electrons. The summed E-state index contributed by atoms with van der Waals surface area (Å²) in [6.45, 7) is 8.45. The van der Waals surface area contributed by atoms with Gasteiger partial charge >= 0.3 is 0 Å².